The first-order chi connectivity index (χ1) is 14.3. The van der Waals surface area contributed by atoms with E-state index in [-0.39, 0.29) is 31.7 Å². The molecule has 1 aromatic carbocycles. The summed E-state index contributed by atoms with van der Waals surface area (Å²) in [7, 11) is 0. The smallest absolute Gasteiger partial charge is 0.328 e. The number of hydrogen-bond donors (Lipinski definition) is 2. The first-order valence-corrected chi connectivity index (χ1v) is 10.0. The molecule has 2 saturated heterocycles. The van der Waals surface area contributed by atoms with Crippen molar-refractivity contribution >= 4 is 29.4 Å². The van der Waals surface area contributed by atoms with Gasteiger partial charge in [0.2, 0.25) is 23.4 Å². The van der Waals surface area contributed by atoms with Crippen molar-refractivity contribution in [2.45, 2.75) is 44.7 Å². The van der Waals surface area contributed by atoms with Gasteiger partial charge in [-0.15, -0.1) is 0 Å². The zero-order valence-corrected chi connectivity index (χ0v) is 16.7. The van der Waals surface area contributed by atoms with Crippen LogP contribution < -0.4 is 5.32 Å². The van der Waals surface area contributed by atoms with Crippen LogP contribution in [0.2, 0.25) is 0 Å². The Morgan fingerprint density at radius 3 is 2.53 bits per heavy atom. The number of benzene rings is 1. The van der Waals surface area contributed by atoms with E-state index in [2.05, 4.69) is 5.32 Å². The Hall–Kier alpha value is -3.07. The first-order valence-electron chi connectivity index (χ1n) is 10.0. The molecule has 0 aromatic heterocycles. The van der Waals surface area contributed by atoms with Crippen molar-refractivity contribution < 1.29 is 29.1 Å². The molecule has 9 heteroatoms. The second-order valence-corrected chi connectivity index (χ2v) is 7.62. The minimum atomic E-state index is -1.15. The molecule has 30 heavy (non-hydrogen) atoms. The van der Waals surface area contributed by atoms with Crippen molar-refractivity contribution in [3.63, 3.8) is 0 Å². The summed E-state index contributed by atoms with van der Waals surface area (Å²) in [6.45, 7) is 1.93. The summed E-state index contributed by atoms with van der Waals surface area (Å²) in [4.78, 5) is 61.9. The molecule has 2 N–H and O–H groups in total. The van der Waals surface area contributed by atoms with E-state index in [0.717, 1.165) is 5.01 Å². The summed E-state index contributed by atoms with van der Waals surface area (Å²) in [6.07, 6.45) is 1.16. The average Bonchev–Trinajstić information content (AvgIpc) is 2.88. The number of carboxylic acids is 1. The van der Waals surface area contributed by atoms with Gasteiger partial charge in [-0.05, 0) is 26.2 Å². The number of hydrazine groups is 1. The van der Waals surface area contributed by atoms with E-state index in [1.807, 2.05) is 0 Å². The van der Waals surface area contributed by atoms with Gasteiger partial charge in [0.15, 0.2) is 6.04 Å². The van der Waals surface area contributed by atoms with Gasteiger partial charge in [-0.1, -0.05) is 30.3 Å². The number of carboxylic acid groups (broad SMARTS) is 1. The average molecular weight is 415 g/mol. The third-order valence-corrected chi connectivity index (χ3v) is 5.58. The minimum absolute atomic E-state index is 0.0672. The molecule has 160 valence electrons. The molecule has 3 atom stereocenters. The van der Waals surface area contributed by atoms with Gasteiger partial charge in [-0.3, -0.25) is 24.2 Å². The van der Waals surface area contributed by atoms with Crippen molar-refractivity contribution in [1.29, 1.82) is 0 Å². The molecule has 1 aromatic rings. The van der Waals surface area contributed by atoms with Crippen LogP contribution in [0.3, 0.4) is 0 Å². The van der Waals surface area contributed by atoms with Crippen LogP contribution in [-0.2, 0) is 19.2 Å². The maximum atomic E-state index is 13.1. The van der Waals surface area contributed by atoms with Gasteiger partial charge in [0.25, 0.3) is 0 Å². The predicted molar refractivity (Wildman–Crippen MR) is 105 cm³/mol. The molecule has 2 aliphatic rings. The van der Waals surface area contributed by atoms with Gasteiger partial charge in [-0.2, -0.15) is 0 Å². The van der Waals surface area contributed by atoms with E-state index >= 15 is 0 Å². The second kappa shape index (κ2) is 9.17. The lowest BCUT2D eigenvalue weighted by molar-refractivity contribution is -0.181. The van der Waals surface area contributed by atoms with Crippen LogP contribution in [0.4, 0.5) is 0 Å². The molecule has 0 bridgehead atoms. The number of nitrogens with zero attached hydrogens (tertiary/aromatic N) is 2. The van der Waals surface area contributed by atoms with E-state index in [4.69, 9.17) is 0 Å². The number of hydrogen-bond acceptors (Lipinski definition) is 6. The summed E-state index contributed by atoms with van der Waals surface area (Å²) in [5, 5.41) is 14.7. The number of Topliss-reactive ketones (excluding diaryl/α,β-unsaturated/α-hetero) is 2. The predicted octanol–water partition coefficient (Wildman–Crippen LogP) is 0.646. The molecular weight excluding hydrogens is 390 g/mol. The highest BCUT2D eigenvalue weighted by atomic mass is 16.4. The topological polar surface area (TPSA) is 124 Å². The Balaban J connectivity index is 1.67. The highest BCUT2D eigenvalue weighted by molar-refractivity contribution is 6.45. The Kier molecular flexibility index (Phi) is 6.61. The lowest BCUT2D eigenvalue weighted by atomic mass is 9.99. The van der Waals surface area contributed by atoms with Crippen molar-refractivity contribution in [1.82, 2.24) is 15.3 Å². The fourth-order valence-corrected chi connectivity index (χ4v) is 3.85. The molecule has 0 saturated carbocycles. The lowest BCUT2D eigenvalue weighted by Crippen LogP contribution is -2.60. The fourth-order valence-electron chi connectivity index (χ4n) is 3.85. The molecule has 3 rings (SSSR count). The standard InChI is InChI=1S/C21H25N3O6/c1-13(18(26)19(27)14-6-3-2-4-7-14)22-12-15-9-10-17(25)23-11-5-8-16(21(29)30)24(23)20(15)28/h2-4,6-7,13,15-16,22H,5,8-12H2,1H3,(H,29,30)/t13-,15-,16+/m1/s1. The number of carbonyl (C=O) groups excluding carboxylic acids is 4. The number of nitrogens with one attached hydrogen (secondary N) is 1. The zero-order valence-electron chi connectivity index (χ0n) is 16.7. The Morgan fingerprint density at radius 2 is 1.87 bits per heavy atom. The molecular formula is C21H25N3O6. The van der Waals surface area contributed by atoms with E-state index in [9.17, 15) is 29.1 Å². The lowest BCUT2D eigenvalue weighted by Gasteiger charge is -2.42. The maximum absolute atomic E-state index is 13.1. The van der Waals surface area contributed by atoms with Gasteiger partial charge in [0, 0.05) is 25.1 Å². The Labute approximate surface area is 174 Å². The van der Waals surface area contributed by atoms with Crippen LogP contribution in [0.5, 0.6) is 0 Å². The van der Waals surface area contributed by atoms with Crippen molar-refractivity contribution in [3.8, 4) is 0 Å². The van der Waals surface area contributed by atoms with Crippen LogP contribution in [0.1, 0.15) is 43.0 Å². The summed E-state index contributed by atoms with van der Waals surface area (Å²) < 4.78 is 0. The summed E-state index contributed by atoms with van der Waals surface area (Å²) >= 11 is 0. The quantitative estimate of drug-likeness (QED) is 0.495. The van der Waals surface area contributed by atoms with Crippen LogP contribution >= 0.6 is 0 Å². The van der Waals surface area contributed by atoms with Gasteiger partial charge >= 0.3 is 5.97 Å². The van der Waals surface area contributed by atoms with E-state index in [1.165, 1.54) is 5.01 Å². The minimum Gasteiger partial charge on any atom is -0.480 e. The Morgan fingerprint density at radius 1 is 1.17 bits per heavy atom. The first kappa shape index (κ1) is 21.6. The molecule has 0 aliphatic carbocycles. The van der Waals surface area contributed by atoms with Crippen molar-refractivity contribution in [2.24, 2.45) is 5.92 Å². The van der Waals surface area contributed by atoms with E-state index in [1.54, 1.807) is 37.3 Å². The summed E-state index contributed by atoms with van der Waals surface area (Å²) in [5.74, 6) is -3.78. The van der Waals surface area contributed by atoms with Crippen LogP contribution in [0.15, 0.2) is 30.3 Å². The monoisotopic (exact) mass is 415 g/mol. The number of carbonyl (C=O) groups is 5. The second-order valence-electron chi connectivity index (χ2n) is 7.62. The van der Waals surface area contributed by atoms with E-state index < -0.39 is 41.4 Å². The molecule has 2 amide bonds. The number of rotatable bonds is 7. The van der Waals surface area contributed by atoms with Crippen LogP contribution in [0.25, 0.3) is 0 Å². The number of ketones is 2. The SMILES string of the molecule is C[C@@H](NC[C@H]1CCC(=O)N2CCC[C@@H](C(=O)O)N2C1=O)C(=O)C(=O)c1ccccc1. The van der Waals surface area contributed by atoms with Gasteiger partial charge in [0.1, 0.15) is 0 Å². The molecule has 2 heterocycles. The van der Waals surface area contributed by atoms with Crippen LogP contribution in [-0.4, -0.2) is 69.6 Å². The van der Waals surface area contributed by atoms with Gasteiger partial charge in [-0.25, -0.2) is 9.80 Å². The normalized spacial score (nSPS) is 22.8. The maximum Gasteiger partial charge on any atom is 0.328 e. The Bertz CT molecular complexity index is 856. The molecule has 0 unspecified atom stereocenters. The highest BCUT2D eigenvalue weighted by Crippen LogP contribution is 2.27. The highest BCUT2D eigenvalue weighted by Gasteiger charge is 2.44. The third-order valence-electron chi connectivity index (χ3n) is 5.58. The number of aliphatic carboxylic acids is 1. The molecule has 0 radical (unpaired) electrons. The van der Waals surface area contributed by atoms with Crippen LogP contribution in [0, 0.1) is 5.92 Å². The molecule has 2 aliphatic heterocycles. The fraction of sp³-hybridized carbons (Fsp3) is 0.476. The molecule has 2 fully saturated rings. The summed E-state index contributed by atoms with van der Waals surface area (Å²) in [6, 6.07) is 6.31. The zero-order chi connectivity index (χ0) is 21.8. The largest absolute Gasteiger partial charge is 0.480 e. The van der Waals surface area contributed by atoms with E-state index in [0.29, 0.717) is 18.5 Å². The summed E-state index contributed by atoms with van der Waals surface area (Å²) in [5.41, 5.74) is 0.292. The number of amides is 2. The number of fused-ring (bicyclic) bond motifs is 1. The third kappa shape index (κ3) is 4.40. The van der Waals surface area contributed by atoms with Crippen molar-refractivity contribution in [2.75, 3.05) is 13.1 Å². The molecule has 0 spiro atoms. The molecule has 9 nitrogen and oxygen atoms in total. The van der Waals surface area contributed by atoms with Gasteiger partial charge in [0.05, 0.1) is 12.0 Å². The van der Waals surface area contributed by atoms with Crippen molar-refractivity contribution in [3.05, 3.63) is 35.9 Å². The van der Waals surface area contributed by atoms with Gasteiger partial charge < -0.3 is 10.4 Å².